The van der Waals surface area contributed by atoms with E-state index in [4.69, 9.17) is 4.74 Å². The Morgan fingerprint density at radius 3 is 2.58 bits per heavy atom. The fraction of sp³-hybridized carbons (Fsp3) is 0.357. The van der Waals surface area contributed by atoms with Gasteiger partial charge in [0.1, 0.15) is 16.1 Å². The van der Waals surface area contributed by atoms with E-state index in [2.05, 4.69) is 16.4 Å². The first-order chi connectivity index (χ1) is 17.5. The smallest absolute Gasteiger partial charge is 0.341 e. The van der Waals surface area contributed by atoms with Crippen molar-refractivity contribution in [3.8, 4) is 17.3 Å². The number of esters is 1. The standard InChI is InChI=1S/C28H29N3O3S2/c1-18-9-11-19(12-10-18)22-14-13-20(17-29)26(30-22)35-16-15-24(32)31-27-25(28(33)34-2)21-7-5-3-4-6-8-23(21)36-27/h9-14H,3-8,15-16H2,1-2H3,(H,31,32). The third-order valence-electron chi connectivity index (χ3n) is 6.21. The van der Waals surface area contributed by atoms with Crippen molar-refractivity contribution < 1.29 is 14.3 Å². The van der Waals surface area contributed by atoms with Gasteiger partial charge in [0.15, 0.2) is 0 Å². The maximum Gasteiger partial charge on any atom is 0.341 e. The van der Waals surface area contributed by atoms with Crippen molar-refractivity contribution in [2.75, 3.05) is 18.2 Å². The summed E-state index contributed by atoms with van der Waals surface area (Å²) in [4.78, 5) is 31.3. The molecule has 36 heavy (non-hydrogen) atoms. The number of aryl methyl sites for hydroxylation is 2. The van der Waals surface area contributed by atoms with Crippen LogP contribution in [0.25, 0.3) is 11.3 Å². The predicted molar refractivity (Wildman–Crippen MR) is 145 cm³/mol. The maximum atomic E-state index is 12.8. The largest absolute Gasteiger partial charge is 0.465 e. The second kappa shape index (κ2) is 12.2. The molecule has 0 spiro atoms. The van der Waals surface area contributed by atoms with E-state index >= 15 is 0 Å². The van der Waals surface area contributed by atoms with Gasteiger partial charge in [-0.3, -0.25) is 4.79 Å². The number of rotatable bonds is 7. The van der Waals surface area contributed by atoms with Gasteiger partial charge in [0, 0.05) is 22.6 Å². The van der Waals surface area contributed by atoms with Crippen molar-refractivity contribution in [1.29, 1.82) is 5.26 Å². The molecule has 2 aromatic heterocycles. The highest BCUT2D eigenvalue weighted by atomic mass is 32.2. The number of aromatic nitrogens is 1. The van der Waals surface area contributed by atoms with Gasteiger partial charge in [0.05, 0.1) is 23.9 Å². The van der Waals surface area contributed by atoms with Gasteiger partial charge in [-0.1, -0.05) is 42.7 Å². The number of pyridine rings is 1. The molecule has 1 aliphatic rings. The van der Waals surface area contributed by atoms with Crippen LogP contribution in [0.4, 0.5) is 5.00 Å². The summed E-state index contributed by atoms with van der Waals surface area (Å²) in [5, 5.41) is 13.7. The Labute approximate surface area is 220 Å². The van der Waals surface area contributed by atoms with Crippen molar-refractivity contribution in [2.45, 2.75) is 56.9 Å². The average molecular weight is 520 g/mol. The summed E-state index contributed by atoms with van der Waals surface area (Å²) in [5.74, 6) is -0.104. The van der Waals surface area contributed by atoms with Gasteiger partial charge in [-0.2, -0.15) is 5.26 Å². The topological polar surface area (TPSA) is 92.1 Å². The highest BCUT2D eigenvalue weighted by Gasteiger charge is 2.25. The molecule has 4 rings (SSSR count). The quantitative estimate of drug-likeness (QED) is 0.281. The first-order valence-electron chi connectivity index (χ1n) is 12.1. The Hall–Kier alpha value is -3.15. The number of methoxy groups -OCH3 is 1. The molecule has 1 N–H and O–H groups in total. The number of thioether (sulfide) groups is 1. The summed E-state index contributed by atoms with van der Waals surface area (Å²) < 4.78 is 5.05. The molecule has 0 unspecified atom stereocenters. The molecule has 1 amide bonds. The van der Waals surface area contributed by atoms with Crippen LogP contribution in [-0.4, -0.2) is 29.7 Å². The van der Waals surface area contributed by atoms with Crippen LogP contribution < -0.4 is 5.32 Å². The van der Waals surface area contributed by atoms with E-state index in [-0.39, 0.29) is 12.3 Å². The van der Waals surface area contributed by atoms with Crippen molar-refractivity contribution in [2.24, 2.45) is 0 Å². The second-order valence-corrected chi connectivity index (χ2v) is 11.0. The van der Waals surface area contributed by atoms with Crippen molar-refractivity contribution in [1.82, 2.24) is 4.98 Å². The molecular weight excluding hydrogens is 490 g/mol. The predicted octanol–water partition coefficient (Wildman–Crippen LogP) is 6.56. The molecule has 3 aromatic rings. The lowest BCUT2D eigenvalue weighted by molar-refractivity contribution is -0.115. The van der Waals surface area contributed by atoms with E-state index in [1.165, 1.54) is 47.1 Å². The first-order valence-corrected chi connectivity index (χ1v) is 13.9. The molecule has 1 aliphatic carbocycles. The van der Waals surface area contributed by atoms with E-state index in [1.807, 2.05) is 37.3 Å². The van der Waals surface area contributed by atoms with Crippen LogP contribution in [0.2, 0.25) is 0 Å². The normalized spacial score (nSPS) is 13.1. The molecule has 1 aromatic carbocycles. The zero-order chi connectivity index (χ0) is 25.5. The van der Waals surface area contributed by atoms with Gasteiger partial charge in [0.25, 0.3) is 0 Å². The number of hydrogen-bond donors (Lipinski definition) is 1. The van der Waals surface area contributed by atoms with E-state index < -0.39 is 5.97 Å². The van der Waals surface area contributed by atoms with Crippen LogP contribution in [-0.2, 0) is 22.4 Å². The molecule has 0 atom stereocenters. The van der Waals surface area contributed by atoms with Gasteiger partial charge >= 0.3 is 5.97 Å². The highest BCUT2D eigenvalue weighted by molar-refractivity contribution is 7.99. The second-order valence-electron chi connectivity index (χ2n) is 8.79. The van der Waals surface area contributed by atoms with Gasteiger partial charge in [-0.05, 0) is 50.3 Å². The van der Waals surface area contributed by atoms with Crippen LogP contribution in [0.1, 0.15) is 64.0 Å². The molecule has 0 fully saturated rings. The zero-order valence-corrected chi connectivity index (χ0v) is 22.2. The molecule has 8 heteroatoms. The van der Waals surface area contributed by atoms with Crippen molar-refractivity contribution >= 4 is 40.0 Å². The summed E-state index contributed by atoms with van der Waals surface area (Å²) in [5.41, 5.74) is 4.97. The Morgan fingerprint density at radius 2 is 1.86 bits per heavy atom. The number of thiophene rings is 1. The molecule has 0 bridgehead atoms. The lowest BCUT2D eigenvalue weighted by Crippen LogP contribution is -2.15. The number of ether oxygens (including phenoxy) is 1. The SMILES string of the molecule is COC(=O)c1c(NC(=O)CCSc2nc(-c3ccc(C)cc3)ccc2C#N)sc2c1CCCCCC2. The Bertz CT molecular complexity index is 1290. The molecular formula is C28H29N3O3S2. The molecule has 6 nitrogen and oxygen atoms in total. The molecule has 0 radical (unpaired) electrons. The summed E-state index contributed by atoms with van der Waals surface area (Å²) in [6, 6.07) is 13.9. The average Bonchev–Trinajstić information content (AvgIpc) is 3.19. The fourth-order valence-electron chi connectivity index (χ4n) is 4.28. The number of carbonyl (C=O) groups is 2. The summed E-state index contributed by atoms with van der Waals surface area (Å²) in [6.07, 6.45) is 6.46. The minimum absolute atomic E-state index is 0.171. The lowest BCUT2D eigenvalue weighted by atomic mass is 9.96. The minimum Gasteiger partial charge on any atom is -0.465 e. The summed E-state index contributed by atoms with van der Waals surface area (Å²) in [7, 11) is 1.38. The molecule has 0 saturated carbocycles. The van der Waals surface area contributed by atoms with Crippen LogP contribution in [0.5, 0.6) is 0 Å². The van der Waals surface area contributed by atoms with Crippen LogP contribution in [0.15, 0.2) is 41.4 Å². The monoisotopic (exact) mass is 519 g/mol. The Kier molecular flexibility index (Phi) is 8.79. The van der Waals surface area contributed by atoms with Gasteiger partial charge in [-0.15, -0.1) is 23.1 Å². The number of fused-ring (bicyclic) bond motifs is 1. The van der Waals surface area contributed by atoms with E-state index in [9.17, 15) is 14.9 Å². The van der Waals surface area contributed by atoms with Crippen LogP contribution in [0.3, 0.4) is 0 Å². The maximum absolute atomic E-state index is 12.8. The summed E-state index contributed by atoms with van der Waals surface area (Å²) in [6.45, 7) is 2.03. The lowest BCUT2D eigenvalue weighted by Gasteiger charge is -2.11. The molecule has 186 valence electrons. The van der Waals surface area contributed by atoms with E-state index in [0.717, 1.165) is 48.9 Å². The minimum atomic E-state index is -0.395. The van der Waals surface area contributed by atoms with Gasteiger partial charge in [0.2, 0.25) is 5.91 Å². The fourth-order valence-corrected chi connectivity index (χ4v) is 6.48. The number of nitrogens with one attached hydrogen (secondary N) is 1. The van der Waals surface area contributed by atoms with E-state index in [1.54, 1.807) is 6.07 Å². The number of nitriles is 1. The number of benzene rings is 1. The zero-order valence-electron chi connectivity index (χ0n) is 20.6. The third-order valence-corrected chi connectivity index (χ3v) is 8.41. The third kappa shape index (κ3) is 6.15. The molecule has 0 saturated heterocycles. The van der Waals surface area contributed by atoms with Gasteiger partial charge < -0.3 is 10.1 Å². The van der Waals surface area contributed by atoms with Crippen molar-refractivity contribution in [3.05, 3.63) is 63.5 Å². The first kappa shape index (κ1) is 25.9. The number of amides is 1. The molecule has 0 aliphatic heterocycles. The van der Waals surface area contributed by atoms with Crippen LogP contribution in [0, 0.1) is 18.3 Å². The summed E-state index contributed by atoms with van der Waals surface area (Å²) >= 11 is 2.89. The van der Waals surface area contributed by atoms with Gasteiger partial charge in [-0.25, -0.2) is 9.78 Å². The Balaban J connectivity index is 1.44. The van der Waals surface area contributed by atoms with Crippen molar-refractivity contribution in [3.63, 3.8) is 0 Å². The number of hydrogen-bond acceptors (Lipinski definition) is 7. The number of carbonyl (C=O) groups excluding carboxylic acids is 2. The molecule has 2 heterocycles. The number of anilines is 1. The Morgan fingerprint density at radius 1 is 1.11 bits per heavy atom. The highest BCUT2D eigenvalue weighted by Crippen LogP contribution is 2.37. The number of nitrogens with zero attached hydrogens (tertiary/aromatic N) is 2. The van der Waals surface area contributed by atoms with Crippen LogP contribution >= 0.6 is 23.1 Å². The van der Waals surface area contributed by atoms with E-state index in [0.29, 0.717) is 26.9 Å².